The lowest BCUT2D eigenvalue weighted by atomic mass is 10.1. The topological polar surface area (TPSA) is 64.6 Å². The molecule has 1 aromatic carbocycles. The summed E-state index contributed by atoms with van der Waals surface area (Å²) < 4.78 is 39.5. The Bertz CT molecular complexity index is 937. The molecule has 2 amide bonds. The number of hydrogen-bond donors (Lipinski definition) is 1. The fraction of sp³-hybridized carbons (Fsp3) is 0.476. The van der Waals surface area contributed by atoms with Crippen molar-refractivity contribution in [2.24, 2.45) is 0 Å². The van der Waals surface area contributed by atoms with Crippen LogP contribution in [0.4, 0.5) is 35.3 Å². The third-order valence-electron chi connectivity index (χ3n) is 5.61. The van der Waals surface area contributed by atoms with Gasteiger partial charge in [0.1, 0.15) is 17.5 Å². The SMILES string of the molecule is Cc1nc(N2CCCC2)cc(N2CCN(C(=O)Nc3ccccc3C(F)(F)F)CC2)n1. The molecule has 2 aromatic rings. The Morgan fingerprint density at radius 3 is 2.13 bits per heavy atom. The van der Waals surface area contributed by atoms with Crippen molar-refractivity contribution < 1.29 is 18.0 Å². The van der Waals surface area contributed by atoms with Crippen molar-refractivity contribution in [1.29, 1.82) is 0 Å². The van der Waals surface area contributed by atoms with E-state index in [9.17, 15) is 18.0 Å². The van der Waals surface area contributed by atoms with E-state index in [2.05, 4.69) is 25.1 Å². The van der Waals surface area contributed by atoms with Gasteiger partial charge in [0.2, 0.25) is 0 Å². The Hall–Kier alpha value is -3.04. The van der Waals surface area contributed by atoms with Gasteiger partial charge in [0, 0.05) is 45.3 Å². The molecule has 0 unspecified atom stereocenters. The molecule has 166 valence electrons. The lowest BCUT2D eigenvalue weighted by Crippen LogP contribution is -2.50. The van der Waals surface area contributed by atoms with E-state index in [1.165, 1.54) is 23.1 Å². The molecule has 0 saturated carbocycles. The number of carbonyl (C=O) groups excluding carboxylic acids is 1. The molecule has 10 heteroatoms. The number of benzene rings is 1. The number of aromatic nitrogens is 2. The van der Waals surface area contributed by atoms with E-state index in [-0.39, 0.29) is 5.69 Å². The molecule has 1 N–H and O–H groups in total. The van der Waals surface area contributed by atoms with Crippen LogP contribution in [0.2, 0.25) is 0 Å². The van der Waals surface area contributed by atoms with Crippen LogP contribution in [0.5, 0.6) is 0 Å². The third kappa shape index (κ3) is 4.83. The van der Waals surface area contributed by atoms with Crippen molar-refractivity contribution in [2.45, 2.75) is 25.9 Å². The highest BCUT2D eigenvalue weighted by Gasteiger charge is 2.34. The van der Waals surface area contributed by atoms with Gasteiger partial charge in [0.05, 0.1) is 11.3 Å². The van der Waals surface area contributed by atoms with Gasteiger partial charge in [-0.05, 0) is 31.9 Å². The monoisotopic (exact) mass is 434 g/mol. The van der Waals surface area contributed by atoms with E-state index in [0.717, 1.165) is 43.6 Å². The van der Waals surface area contributed by atoms with Crippen molar-refractivity contribution in [3.05, 3.63) is 41.7 Å². The van der Waals surface area contributed by atoms with Gasteiger partial charge in [-0.1, -0.05) is 12.1 Å². The first-order valence-corrected chi connectivity index (χ1v) is 10.4. The summed E-state index contributed by atoms with van der Waals surface area (Å²) >= 11 is 0. The number of urea groups is 1. The van der Waals surface area contributed by atoms with Gasteiger partial charge in [-0.15, -0.1) is 0 Å². The predicted molar refractivity (Wildman–Crippen MR) is 112 cm³/mol. The zero-order valence-electron chi connectivity index (χ0n) is 17.3. The van der Waals surface area contributed by atoms with Crippen LogP contribution in [0.3, 0.4) is 0 Å². The summed E-state index contributed by atoms with van der Waals surface area (Å²) in [5.41, 5.74) is -1.09. The summed E-state index contributed by atoms with van der Waals surface area (Å²) in [6.45, 7) is 5.72. The van der Waals surface area contributed by atoms with Gasteiger partial charge in [-0.2, -0.15) is 13.2 Å². The number of nitrogens with zero attached hydrogens (tertiary/aromatic N) is 5. The second kappa shape index (κ2) is 8.60. The molecular formula is C21H25F3N6O. The van der Waals surface area contributed by atoms with Crippen LogP contribution in [0.15, 0.2) is 30.3 Å². The first kappa shape index (κ1) is 21.2. The largest absolute Gasteiger partial charge is 0.418 e. The van der Waals surface area contributed by atoms with Crippen LogP contribution in [0, 0.1) is 6.92 Å². The van der Waals surface area contributed by atoms with Crippen molar-refractivity contribution in [2.75, 3.05) is 54.4 Å². The molecule has 2 aliphatic rings. The molecule has 0 spiro atoms. The summed E-state index contributed by atoms with van der Waals surface area (Å²) in [7, 11) is 0. The maximum atomic E-state index is 13.2. The molecule has 0 atom stereocenters. The molecule has 0 radical (unpaired) electrons. The highest BCUT2D eigenvalue weighted by atomic mass is 19.4. The number of para-hydroxylation sites is 1. The van der Waals surface area contributed by atoms with Crippen molar-refractivity contribution in [1.82, 2.24) is 14.9 Å². The fourth-order valence-electron chi connectivity index (χ4n) is 3.98. The molecule has 2 fully saturated rings. The maximum absolute atomic E-state index is 13.2. The van der Waals surface area contributed by atoms with Crippen LogP contribution in [-0.4, -0.2) is 60.2 Å². The molecule has 1 aromatic heterocycles. The van der Waals surface area contributed by atoms with Gasteiger partial charge < -0.3 is 20.0 Å². The predicted octanol–water partition coefficient (Wildman–Crippen LogP) is 3.76. The average molecular weight is 434 g/mol. The molecule has 7 nitrogen and oxygen atoms in total. The number of alkyl halides is 3. The molecule has 2 saturated heterocycles. The summed E-state index contributed by atoms with van der Waals surface area (Å²) in [6.07, 6.45) is -2.21. The van der Waals surface area contributed by atoms with E-state index < -0.39 is 17.8 Å². The number of piperazine rings is 1. The summed E-state index contributed by atoms with van der Waals surface area (Å²) in [5, 5.41) is 2.41. The first-order chi connectivity index (χ1) is 14.8. The second-order valence-electron chi connectivity index (χ2n) is 7.77. The van der Waals surface area contributed by atoms with Crippen LogP contribution < -0.4 is 15.1 Å². The Kier molecular flexibility index (Phi) is 5.88. The van der Waals surface area contributed by atoms with Crippen LogP contribution in [-0.2, 0) is 6.18 Å². The minimum absolute atomic E-state index is 0.232. The van der Waals surface area contributed by atoms with Gasteiger partial charge in [-0.25, -0.2) is 14.8 Å². The molecule has 4 rings (SSSR count). The zero-order valence-corrected chi connectivity index (χ0v) is 17.3. The Balaban J connectivity index is 1.40. The average Bonchev–Trinajstić information content (AvgIpc) is 3.28. The molecule has 0 aliphatic carbocycles. The van der Waals surface area contributed by atoms with Crippen LogP contribution in [0.25, 0.3) is 0 Å². The van der Waals surface area contributed by atoms with Gasteiger partial charge in [0.15, 0.2) is 0 Å². The number of hydrogen-bond acceptors (Lipinski definition) is 5. The van der Waals surface area contributed by atoms with Gasteiger partial charge in [0.25, 0.3) is 0 Å². The first-order valence-electron chi connectivity index (χ1n) is 10.4. The van der Waals surface area contributed by atoms with E-state index in [1.54, 1.807) is 0 Å². The van der Waals surface area contributed by atoms with Crippen LogP contribution in [0.1, 0.15) is 24.2 Å². The number of amides is 2. The van der Waals surface area contributed by atoms with E-state index >= 15 is 0 Å². The number of rotatable bonds is 3. The summed E-state index contributed by atoms with van der Waals surface area (Å²) in [6, 6.07) is 6.44. The minimum Gasteiger partial charge on any atom is -0.356 e. The van der Waals surface area contributed by atoms with Crippen molar-refractivity contribution in [3.8, 4) is 0 Å². The normalized spacial score (nSPS) is 17.2. The van der Waals surface area contributed by atoms with Gasteiger partial charge >= 0.3 is 12.2 Å². The summed E-state index contributed by atoms with van der Waals surface area (Å²) in [5.74, 6) is 2.43. The lowest BCUT2D eigenvalue weighted by Gasteiger charge is -2.35. The number of nitrogens with one attached hydrogen (secondary N) is 1. The second-order valence-corrected chi connectivity index (χ2v) is 7.77. The number of aryl methyl sites for hydroxylation is 1. The number of anilines is 3. The van der Waals surface area contributed by atoms with Gasteiger partial charge in [-0.3, -0.25) is 0 Å². The Labute approximate surface area is 178 Å². The third-order valence-corrected chi connectivity index (χ3v) is 5.61. The number of carbonyl (C=O) groups is 1. The van der Waals surface area contributed by atoms with E-state index in [0.29, 0.717) is 32.0 Å². The lowest BCUT2D eigenvalue weighted by molar-refractivity contribution is -0.136. The highest BCUT2D eigenvalue weighted by Crippen LogP contribution is 2.34. The minimum atomic E-state index is -4.53. The quantitative estimate of drug-likeness (QED) is 0.797. The van der Waals surface area contributed by atoms with Crippen molar-refractivity contribution >= 4 is 23.4 Å². The maximum Gasteiger partial charge on any atom is 0.418 e. The molecule has 2 aliphatic heterocycles. The molecule has 31 heavy (non-hydrogen) atoms. The van der Waals surface area contributed by atoms with Crippen molar-refractivity contribution in [3.63, 3.8) is 0 Å². The smallest absolute Gasteiger partial charge is 0.356 e. The Morgan fingerprint density at radius 1 is 0.935 bits per heavy atom. The Morgan fingerprint density at radius 2 is 1.52 bits per heavy atom. The van der Waals surface area contributed by atoms with Crippen LogP contribution >= 0.6 is 0 Å². The molecule has 3 heterocycles. The molecular weight excluding hydrogens is 409 g/mol. The fourth-order valence-corrected chi connectivity index (χ4v) is 3.98. The highest BCUT2D eigenvalue weighted by molar-refractivity contribution is 5.90. The summed E-state index contributed by atoms with van der Waals surface area (Å²) in [4.78, 5) is 27.5. The zero-order chi connectivity index (χ0) is 22.0. The van der Waals surface area contributed by atoms with E-state index in [1.807, 2.05) is 13.0 Å². The standard InChI is InChI=1S/C21H25F3N6O/c1-15-25-18(28-8-4-5-9-28)14-19(26-15)29-10-12-30(13-11-29)20(31)27-17-7-3-2-6-16(17)21(22,23)24/h2-3,6-7,14H,4-5,8-13H2,1H3,(H,27,31). The van der Waals surface area contributed by atoms with E-state index in [4.69, 9.17) is 0 Å². The number of halogens is 3. The molecule has 0 bridgehead atoms.